The van der Waals surface area contributed by atoms with Crippen LogP contribution < -0.4 is 10.0 Å². The van der Waals surface area contributed by atoms with Gasteiger partial charge in [0.2, 0.25) is 10.0 Å². The Morgan fingerprint density at radius 3 is 2.62 bits per heavy atom. The van der Waals surface area contributed by atoms with Crippen molar-refractivity contribution in [3.05, 3.63) is 18.0 Å². The summed E-state index contributed by atoms with van der Waals surface area (Å²) in [6, 6.07) is 1.47. The van der Waals surface area contributed by atoms with E-state index < -0.39 is 10.0 Å². The molecule has 1 rings (SSSR count). The van der Waals surface area contributed by atoms with Crippen LogP contribution in [0.5, 0.6) is 0 Å². The average Bonchev–Trinajstić information content (AvgIpc) is 2.86. The monoisotopic (exact) mass is 317 g/mol. The maximum Gasteiger partial charge on any atom is 0.242 e. The summed E-state index contributed by atoms with van der Waals surface area (Å²) in [5.74, 6) is 0. The van der Waals surface area contributed by atoms with Gasteiger partial charge in [0, 0.05) is 37.6 Å². The molecule has 0 aliphatic heterocycles. The van der Waals surface area contributed by atoms with E-state index in [4.69, 9.17) is 4.74 Å². The van der Waals surface area contributed by atoms with Gasteiger partial charge >= 0.3 is 0 Å². The molecule has 0 aliphatic carbocycles. The Labute approximate surface area is 127 Å². The summed E-state index contributed by atoms with van der Waals surface area (Å²) in [6.45, 7) is 10.9. The molecule has 7 heteroatoms. The van der Waals surface area contributed by atoms with Crippen LogP contribution in [-0.2, 0) is 27.8 Å². The molecule has 0 saturated heterocycles. The first kappa shape index (κ1) is 18.2. The molecule has 21 heavy (non-hydrogen) atoms. The third-order valence-corrected chi connectivity index (χ3v) is 4.65. The van der Waals surface area contributed by atoms with E-state index in [1.807, 2.05) is 25.3 Å². The number of nitrogens with zero attached hydrogens (tertiary/aromatic N) is 1. The predicted octanol–water partition coefficient (Wildman–Crippen LogP) is 1.32. The standard InChI is InChI=1S/C14H27N3O3S/c1-5-15-9-13-8-14(10-17(13)6-2)21(18,19)16-12(4)11-20-7-3/h8,10,12,15-16H,5-7,9,11H2,1-4H3. The second-order valence-corrected chi connectivity index (χ2v) is 6.63. The van der Waals surface area contributed by atoms with Crippen LogP contribution in [0.4, 0.5) is 0 Å². The van der Waals surface area contributed by atoms with Gasteiger partial charge in [-0.3, -0.25) is 0 Å². The highest BCUT2D eigenvalue weighted by atomic mass is 32.2. The molecule has 1 heterocycles. The van der Waals surface area contributed by atoms with Crippen molar-refractivity contribution in [2.45, 2.75) is 51.7 Å². The van der Waals surface area contributed by atoms with Gasteiger partial charge in [-0.1, -0.05) is 6.92 Å². The Hall–Kier alpha value is -0.890. The Morgan fingerprint density at radius 1 is 1.33 bits per heavy atom. The highest BCUT2D eigenvalue weighted by Crippen LogP contribution is 2.15. The summed E-state index contributed by atoms with van der Waals surface area (Å²) in [5.41, 5.74) is 0.970. The van der Waals surface area contributed by atoms with Crippen LogP contribution in [0.2, 0.25) is 0 Å². The van der Waals surface area contributed by atoms with Gasteiger partial charge in [0.1, 0.15) is 0 Å². The van der Waals surface area contributed by atoms with Gasteiger partial charge in [-0.05, 0) is 33.4 Å². The molecule has 0 bridgehead atoms. The molecular formula is C14H27N3O3S. The summed E-state index contributed by atoms with van der Waals surface area (Å²) >= 11 is 0. The first-order chi connectivity index (χ1) is 9.94. The number of hydrogen-bond acceptors (Lipinski definition) is 4. The second kappa shape index (κ2) is 8.53. The lowest BCUT2D eigenvalue weighted by molar-refractivity contribution is 0.133. The molecule has 0 spiro atoms. The topological polar surface area (TPSA) is 72.4 Å². The van der Waals surface area contributed by atoms with Crippen LogP contribution in [0.15, 0.2) is 17.2 Å². The zero-order valence-electron chi connectivity index (χ0n) is 13.3. The Balaban J connectivity index is 2.85. The molecule has 122 valence electrons. The van der Waals surface area contributed by atoms with E-state index in [-0.39, 0.29) is 6.04 Å². The third-order valence-electron chi connectivity index (χ3n) is 3.10. The lowest BCUT2D eigenvalue weighted by Gasteiger charge is -2.13. The van der Waals surface area contributed by atoms with Crippen molar-refractivity contribution < 1.29 is 13.2 Å². The van der Waals surface area contributed by atoms with E-state index in [0.717, 1.165) is 18.8 Å². The zero-order valence-corrected chi connectivity index (χ0v) is 14.2. The van der Waals surface area contributed by atoms with Crippen molar-refractivity contribution in [2.75, 3.05) is 19.8 Å². The van der Waals surface area contributed by atoms with Crippen molar-refractivity contribution in [2.24, 2.45) is 0 Å². The largest absolute Gasteiger partial charge is 0.380 e. The van der Waals surface area contributed by atoms with Gasteiger partial charge in [0.15, 0.2) is 0 Å². The van der Waals surface area contributed by atoms with Crippen molar-refractivity contribution in [3.8, 4) is 0 Å². The molecule has 0 saturated carbocycles. The van der Waals surface area contributed by atoms with E-state index in [0.29, 0.717) is 24.7 Å². The highest BCUT2D eigenvalue weighted by Gasteiger charge is 2.20. The van der Waals surface area contributed by atoms with Gasteiger partial charge in [0.05, 0.1) is 11.5 Å². The van der Waals surface area contributed by atoms with Gasteiger partial charge in [-0.15, -0.1) is 0 Å². The van der Waals surface area contributed by atoms with E-state index in [1.165, 1.54) is 0 Å². The zero-order chi connectivity index (χ0) is 15.9. The fourth-order valence-electron chi connectivity index (χ4n) is 2.03. The average molecular weight is 317 g/mol. The summed E-state index contributed by atoms with van der Waals surface area (Å²) < 4.78 is 34.5. The number of sulfonamides is 1. The second-order valence-electron chi connectivity index (χ2n) is 4.92. The Bertz CT molecular complexity index is 526. The first-order valence-corrected chi connectivity index (χ1v) is 8.92. The van der Waals surface area contributed by atoms with Crippen molar-refractivity contribution >= 4 is 10.0 Å². The molecular weight excluding hydrogens is 290 g/mol. The molecule has 6 nitrogen and oxygen atoms in total. The van der Waals surface area contributed by atoms with Crippen LogP contribution in [-0.4, -0.2) is 38.8 Å². The van der Waals surface area contributed by atoms with Crippen LogP contribution in [0.3, 0.4) is 0 Å². The normalized spacial score (nSPS) is 13.5. The SMILES string of the molecule is CCNCc1cc(S(=O)(=O)NC(C)COCC)cn1CC. The van der Waals surface area contributed by atoms with E-state index in [1.54, 1.807) is 19.2 Å². The molecule has 1 atom stereocenters. The maximum absolute atomic E-state index is 12.4. The van der Waals surface area contributed by atoms with Gasteiger partial charge in [-0.2, -0.15) is 0 Å². The summed E-state index contributed by atoms with van der Waals surface area (Å²) in [6.07, 6.45) is 1.68. The Morgan fingerprint density at radius 2 is 2.05 bits per heavy atom. The van der Waals surface area contributed by atoms with Crippen LogP contribution in [0.25, 0.3) is 0 Å². The number of ether oxygens (including phenoxy) is 1. The summed E-state index contributed by atoms with van der Waals surface area (Å²) in [5, 5.41) is 3.22. The highest BCUT2D eigenvalue weighted by molar-refractivity contribution is 7.89. The molecule has 1 aromatic heterocycles. The molecule has 2 N–H and O–H groups in total. The molecule has 0 aliphatic rings. The smallest absolute Gasteiger partial charge is 0.242 e. The van der Waals surface area contributed by atoms with E-state index in [2.05, 4.69) is 10.0 Å². The van der Waals surface area contributed by atoms with Crippen molar-refractivity contribution in [1.29, 1.82) is 0 Å². The predicted molar refractivity (Wildman–Crippen MR) is 83.8 cm³/mol. The lowest BCUT2D eigenvalue weighted by atomic mass is 10.4. The lowest BCUT2D eigenvalue weighted by Crippen LogP contribution is -2.35. The first-order valence-electron chi connectivity index (χ1n) is 7.44. The van der Waals surface area contributed by atoms with Crippen LogP contribution in [0.1, 0.15) is 33.4 Å². The van der Waals surface area contributed by atoms with E-state index >= 15 is 0 Å². The van der Waals surface area contributed by atoms with Gasteiger partial charge in [-0.25, -0.2) is 13.1 Å². The number of aryl methyl sites for hydroxylation is 1. The number of aromatic nitrogens is 1. The summed E-state index contributed by atoms with van der Waals surface area (Å²) in [4.78, 5) is 0.306. The van der Waals surface area contributed by atoms with Crippen molar-refractivity contribution in [3.63, 3.8) is 0 Å². The molecule has 1 unspecified atom stereocenters. The number of nitrogens with one attached hydrogen (secondary N) is 2. The third kappa shape index (κ3) is 5.43. The van der Waals surface area contributed by atoms with Crippen molar-refractivity contribution in [1.82, 2.24) is 14.6 Å². The summed E-state index contributed by atoms with van der Waals surface area (Å²) in [7, 11) is -3.51. The molecule has 0 aromatic carbocycles. The molecule has 0 amide bonds. The van der Waals surface area contributed by atoms with Gasteiger partial charge < -0.3 is 14.6 Å². The fraction of sp³-hybridized carbons (Fsp3) is 0.714. The van der Waals surface area contributed by atoms with Crippen LogP contribution in [0, 0.1) is 0 Å². The molecule has 0 radical (unpaired) electrons. The maximum atomic E-state index is 12.4. The fourth-order valence-corrected chi connectivity index (χ4v) is 3.32. The quantitative estimate of drug-likeness (QED) is 0.683. The minimum atomic E-state index is -3.51. The molecule has 1 aromatic rings. The number of rotatable bonds is 10. The minimum absolute atomic E-state index is 0.253. The van der Waals surface area contributed by atoms with Gasteiger partial charge in [0.25, 0.3) is 0 Å². The minimum Gasteiger partial charge on any atom is -0.380 e. The van der Waals surface area contributed by atoms with E-state index in [9.17, 15) is 8.42 Å². The molecule has 0 fully saturated rings. The van der Waals surface area contributed by atoms with Crippen LogP contribution >= 0.6 is 0 Å². The Kier molecular flexibility index (Phi) is 7.37. The number of hydrogen-bond donors (Lipinski definition) is 2.